The van der Waals surface area contributed by atoms with Crippen LogP contribution in [-0.2, 0) is 0 Å². The van der Waals surface area contributed by atoms with Crippen molar-refractivity contribution in [1.82, 2.24) is 4.57 Å². The highest BCUT2D eigenvalue weighted by Gasteiger charge is 2.40. The molecule has 58 heavy (non-hydrogen) atoms. The van der Waals surface area contributed by atoms with Crippen LogP contribution in [0, 0.1) is 17.9 Å². The summed E-state index contributed by atoms with van der Waals surface area (Å²) >= 11 is 0. The highest BCUT2D eigenvalue weighted by Crippen LogP contribution is 2.43. The molecular formula is C52H30N4O2. The Hall–Kier alpha value is -8.32. The maximum atomic E-state index is 15.1. The van der Waals surface area contributed by atoms with Gasteiger partial charge in [0.15, 0.2) is 5.69 Å². The number of para-hydroxylation sites is 1. The predicted molar refractivity (Wildman–Crippen MR) is 231 cm³/mol. The Morgan fingerprint density at radius 2 is 1.05 bits per heavy atom. The number of anilines is 1. The average Bonchev–Trinajstić information content (AvgIpc) is 3.75. The molecular weight excluding hydrogens is 713 g/mol. The molecule has 0 spiro atoms. The van der Waals surface area contributed by atoms with Crippen LogP contribution in [0.15, 0.2) is 182 Å². The number of aromatic nitrogens is 1. The third-order valence-corrected chi connectivity index (χ3v) is 11.0. The fourth-order valence-corrected chi connectivity index (χ4v) is 8.33. The molecule has 0 aliphatic carbocycles. The molecule has 0 unspecified atom stereocenters. The Morgan fingerprint density at radius 3 is 1.74 bits per heavy atom. The van der Waals surface area contributed by atoms with Crippen molar-refractivity contribution in [2.75, 3.05) is 4.90 Å². The maximum Gasteiger partial charge on any atom is 0.268 e. The van der Waals surface area contributed by atoms with Gasteiger partial charge in [0, 0.05) is 16.3 Å². The van der Waals surface area contributed by atoms with E-state index in [9.17, 15) is 10.1 Å². The fourth-order valence-electron chi connectivity index (χ4n) is 8.33. The molecule has 1 aliphatic rings. The van der Waals surface area contributed by atoms with E-state index in [0.29, 0.717) is 33.8 Å². The van der Waals surface area contributed by atoms with Crippen molar-refractivity contribution in [2.45, 2.75) is 0 Å². The number of hydrogen-bond donors (Lipinski definition) is 0. The van der Waals surface area contributed by atoms with Gasteiger partial charge in [-0.15, -0.1) is 0 Å². The molecule has 2 amide bonds. The molecule has 1 aromatic heterocycles. The molecule has 0 saturated heterocycles. The normalized spacial score (nSPS) is 12.1. The van der Waals surface area contributed by atoms with Crippen LogP contribution in [-0.4, -0.2) is 16.4 Å². The highest BCUT2D eigenvalue weighted by atomic mass is 16.2. The van der Waals surface area contributed by atoms with E-state index in [1.54, 1.807) is 6.07 Å². The first-order valence-electron chi connectivity index (χ1n) is 18.9. The van der Waals surface area contributed by atoms with Gasteiger partial charge in [-0.3, -0.25) is 9.59 Å². The number of fused-ring (bicyclic) bond motifs is 4. The summed E-state index contributed by atoms with van der Waals surface area (Å²) in [5.74, 6) is -0.798. The van der Waals surface area contributed by atoms with Crippen LogP contribution in [0.1, 0.15) is 26.3 Å². The maximum absolute atomic E-state index is 15.1. The van der Waals surface area contributed by atoms with Crippen molar-refractivity contribution in [2.24, 2.45) is 0 Å². The lowest BCUT2D eigenvalue weighted by atomic mass is 9.97. The van der Waals surface area contributed by atoms with Crippen LogP contribution in [0.4, 0.5) is 11.4 Å². The summed E-state index contributed by atoms with van der Waals surface area (Å²) in [7, 11) is 0. The topological polar surface area (TPSA) is 70.5 Å². The number of rotatable bonds is 6. The molecule has 270 valence electrons. The van der Waals surface area contributed by atoms with E-state index in [1.165, 1.54) is 4.90 Å². The molecule has 0 bridgehead atoms. The van der Waals surface area contributed by atoms with E-state index in [1.807, 2.05) is 164 Å². The van der Waals surface area contributed by atoms with Gasteiger partial charge in [0.25, 0.3) is 11.8 Å². The van der Waals surface area contributed by atoms with Crippen LogP contribution in [0.25, 0.3) is 76.8 Å². The Morgan fingerprint density at radius 1 is 0.466 bits per heavy atom. The first-order valence-corrected chi connectivity index (χ1v) is 18.9. The molecule has 10 rings (SSSR count). The Bertz CT molecular complexity index is 3130. The smallest absolute Gasteiger partial charge is 0.268 e. The zero-order valence-electron chi connectivity index (χ0n) is 30.9. The van der Waals surface area contributed by atoms with Crippen LogP contribution in [0.5, 0.6) is 0 Å². The van der Waals surface area contributed by atoms with Crippen LogP contribution >= 0.6 is 0 Å². The molecule has 0 atom stereocenters. The number of hydrogen-bond acceptors (Lipinski definition) is 3. The minimum absolute atomic E-state index is 0.316. The molecule has 1 aliphatic heterocycles. The monoisotopic (exact) mass is 742 g/mol. The zero-order chi connectivity index (χ0) is 39.3. The molecule has 8 aromatic carbocycles. The largest absolute Gasteiger partial charge is 0.308 e. The molecule has 0 radical (unpaired) electrons. The molecule has 0 fully saturated rings. The lowest BCUT2D eigenvalue weighted by molar-refractivity contribution is 0.0926. The average molecular weight is 743 g/mol. The summed E-state index contributed by atoms with van der Waals surface area (Å²) in [5.41, 5.74) is 11.4. The van der Waals surface area contributed by atoms with Crippen molar-refractivity contribution < 1.29 is 9.59 Å². The van der Waals surface area contributed by atoms with Crippen LogP contribution < -0.4 is 4.90 Å². The van der Waals surface area contributed by atoms with Crippen molar-refractivity contribution >= 4 is 45.0 Å². The van der Waals surface area contributed by atoms with Gasteiger partial charge < -0.3 is 4.57 Å². The second-order valence-corrected chi connectivity index (χ2v) is 14.2. The summed E-state index contributed by atoms with van der Waals surface area (Å²) in [5, 5.41) is 11.8. The summed E-state index contributed by atoms with van der Waals surface area (Å²) in [6, 6.07) is 60.7. The van der Waals surface area contributed by atoms with E-state index >= 15 is 4.79 Å². The molecule has 2 heterocycles. The van der Waals surface area contributed by atoms with E-state index < -0.39 is 11.8 Å². The molecule has 0 N–H and O–H groups in total. The number of imide groups is 1. The number of amides is 2. The van der Waals surface area contributed by atoms with Crippen molar-refractivity contribution in [3.8, 4) is 56.3 Å². The predicted octanol–water partition coefficient (Wildman–Crippen LogP) is 12.7. The third-order valence-electron chi connectivity index (χ3n) is 11.0. The molecule has 6 nitrogen and oxygen atoms in total. The molecule has 0 saturated carbocycles. The number of benzene rings is 8. The third kappa shape index (κ3) is 5.40. The Kier molecular flexibility index (Phi) is 8.11. The van der Waals surface area contributed by atoms with E-state index in [-0.39, 0.29) is 0 Å². The van der Waals surface area contributed by atoms with Crippen molar-refractivity contribution in [3.05, 3.63) is 210 Å². The second kappa shape index (κ2) is 13.8. The molecule has 9 aromatic rings. The van der Waals surface area contributed by atoms with Gasteiger partial charge >= 0.3 is 0 Å². The van der Waals surface area contributed by atoms with Gasteiger partial charge in [-0.05, 0) is 87.5 Å². The van der Waals surface area contributed by atoms with Crippen molar-refractivity contribution in [1.29, 1.82) is 5.26 Å². The van der Waals surface area contributed by atoms with Gasteiger partial charge in [-0.1, -0.05) is 133 Å². The van der Waals surface area contributed by atoms with Crippen LogP contribution in [0.2, 0.25) is 0 Å². The highest BCUT2D eigenvalue weighted by molar-refractivity contribution is 6.36. The van der Waals surface area contributed by atoms with E-state index in [0.717, 1.165) is 66.3 Å². The number of carbonyl (C=O) groups is 2. The summed E-state index contributed by atoms with van der Waals surface area (Å²) < 4.78 is 2.06. The number of carbonyl (C=O) groups excluding carboxylic acids is 2. The minimum Gasteiger partial charge on any atom is -0.308 e. The standard InChI is InChI=1S/C52H30N4O2/c1-54-45-21-11-10-19-40(45)37-25-28-47-44(30-37)43-29-36(39-18-9-8-17-38(39)32-53)24-27-46(43)55(47)48-22-12-20-42-50(48)52(58)56(51(42)57)49-31-35(33-13-4-2-5-14-33)23-26-41(49)34-15-6-3-7-16-34/h2-31H. The number of nitrogens with zero attached hydrogens (tertiary/aromatic N) is 4. The Labute approximate surface area is 334 Å². The number of nitriles is 1. The van der Waals surface area contributed by atoms with Crippen molar-refractivity contribution in [3.63, 3.8) is 0 Å². The van der Waals surface area contributed by atoms with Gasteiger partial charge in [0.2, 0.25) is 0 Å². The SMILES string of the molecule is [C-]#[N+]c1ccccc1-c1ccc2c(c1)c1cc(-c3ccccc3C#N)ccc1n2-c1cccc2c1C(=O)N(c1cc(-c3ccccc3)ccc1-c1ccccc1)C2=O. The fraction of sp³-hybridized carbons (Fsp3) is 0. The van der Waals surface area contributed by atoms with Gasteiger partial charge in [-0.25, -0.2) is 9.74 Å². The Balaban J connectivity index is 1.20. The van der Waals surface area contributed by atoms with E-state index in [4.69, 9.17) is 6.57 Å². The van der Waals surface area contributed by atoms with Gasteiger partial charge in [0.05, 0.1) is 51.7 Å². The second-order valence-electron chi connectivity index (χ2n) is 14.2. The lowest BCUT2D eigenvalue weighted by Crippen LogP contribution is -2.30. The quantitative estimate of drug-likeness (QED) is 0.126. The van der Waals surface area contributed by atoms with Crippen LogP contribution in [0.3, 0.4) is 0 Å². The van der Waals surface area contributed by atoms with Gasteiger partial charge in [-0.2, -0.15) is 5.26 Å². The lowest BCUT2D eigenvalue weighted by Gasteiger charge is -2.20. The minimum atomic E-state index is -0.407. The molecule has 6 heteroatoms. The zero-order valence-corrected chi connectivity index (χ0v) is 30.9. The van der Waals surface area contributed by atoms with E-state index in [2.05, 4.69) is 27.6 Å². The van der Waals surface area contributed by atoms with Gasteiger partial charge in [0.1, 0.15) is 0 Å². The summed E-state index contributed by atoms with van der Waals surface area (Å²) in [6.45, 7) is 7.84. The first kappa shape index (κ1) is 34.2. The first-order chi connectivity index (χ1) is 28.5. The summed E-state index contributed by atoms with van der Waals surface area (Å²) in [4.78, 5) is 34.9. The summed E-state index contributed by atoms with van der Waals surface area (Å²) in [6.07, 6.45) is 0.